The number of rotatable bonds is 10. The Bertz CT molecular complexity index is 1750. The first kappa shape index (κ1) is 35.5. The maximum Gasteiger partial charge on any atom is 0.421 e. The molecule has 2 heterocycles. The third kappa shape index (κ3) is 6.02. The Morgan fingerprint density at radius 3 is 2.43 bits per heavy atom. The van der Waals surface area contributed by atoms with E-state index < -0.39 is 40.7 Å². The van der Waals surface area contributed by atoms with Crippen LogP contribution in [0.3, 0.4) is 0 Å². The van der Waals surface area contributed by atoms with Crippen molar-refractivity contribution >= 4 is 18.0 Å². The van der Waals surface area contributed by atoms with E-state index in [1.807, 2.05) is 6.07 Å². The summed E-state index contributed by atoms with van der Waals surface area (Å²) >= 11 is 0. The molecule has 51 heavy (non-hydrogen) atoms. The van der Waals surface area contributed by atoms with Gasteiger partial charge in [-0.25, -0.2) is 0 Å². The van der Waals surface area contributed by atoms with Gasteiger partial charge < -0.3 is 24.0 Å². The van der Waals surface area contributed by atoms with Crippen molar-refractivity contribution in [1.29, 1.82) is 0 Å². The number of allylic oxidation sites excluding steroid dienone is 1. The highest BCUT2D eigenvalue weighted by Crippen LogP contribution is 2.71. The number of amides is 1. The smallest absolute Gasteiger partial charge is 0.421 e. The average molecular weight is 706 g/mol. The van der Waals surface area contributed by atoms with Crippen LogP contribution < -0.4 is 5.32 Å². The van der Waals surface area contributed by atoms with Crippen LogP contribution in [0.1, 0.15) is 64.0 Å². The predicted octanol–water partition coefficient (Wildman–Crippen LogP) is 7.50. The summed E-state index contributed by atoms with van der Waals surface area (Å²) in [4.78, 5) is 26.7. The Hall–Kier alpha value is -3.89. The summed E-state index contributed by atoms with van der Waals surface area (Å²) in [6.45, 7) is 8.69. The maximum absolute atomic E-state index is 14.7. The Morgan fingerprint density at radius 2 is 1.78 bits per heavy atom. The van der Waals surface area contributed by atoms with E-state index >= 15 is 0 Å². The van der Waals surface area contributed by atoms with Crippen LogP contribution in [-0.4, -0.2) is 67.2 Å². The molecule has 4 fully saturated rings. The molecule has 5 aliphatic rings. The van der Waals surface area contributed by atoms with E-state index in [9.17, 15) is 22.8 Å². The SMILES string of the molecule is COC1=CC(OC(C)=O)=C2C[C@@H]3[C@@H]4CCC[C@@H]5OC1(NC(=O)C(=Cc1ccccc1)C(F)(F)F)C2[C@@]54CC[N+]3(CCc1ccccc1)CC(C)C. The fraction of sp³-hybridized carbons (Fsp3) is 0.512. The zero-order valence-corrected chi connectivity index (χ0v) is 29.8. The van der Waals surface area contributed by atoms with E-state index in [2.05, 4.69) is 43.4 Å². The van der Waals surface area contributed by atoms with Crippen molar-refractivity contribution in [3.8, 4) is 0 Å². The van der Waals surface area contributed by atoms with Crippen molar-refractivity contribution in [3.63, 3.8) is 0 Å². The average Bonchev–Trinajstić information content (AvgIpc) is 3.38. The number of methoxy groups -OCH3 is 1. The van der Waals surface area contributed by atoms with Gasteiger partial charge >= 0.3 is 12.1 Å². The maximum atomic E-state index is 14.7. The summed E-state index contributed by atoms with van der Waals surface area (Å²) in [6, 6.07) is 18.7. The second kappa shape index (κ2) is 13.3. The Kier molecular flexibility index (Phi) is 9.23. The van der Waals surface area contributed by atoms with E-state index in [1.165, 1.54) is 31.7 Å². The zero-order valence-electron chi connectivity index (χ0n) is 29.8. The van der Waals surface area contributed by atoms with Crippen LogP contribution in [-0.2, 0) is 30.2 Å². The molecule has 1 N–H and O–H groups in total. The van der Waals surface area contributed by atoms with E-state index in [1.54, 1.807) is 24.3 Å². The Balaban J connectivity index is 1.36. The molecular formula is C41H48F3N2O5+. The molecule has 2 saturated carbocycles. The molecule has 2 saturated heterocycles. The number of halogens is 3. The van der Waals surface area contributed by atoms with Gasteiger partial charge in [-0.1, -0.05) is 80.9 Å². The van der Waals surface area contributed by atoms with Crippen molar-refractivity contribution in [2.24, 2.45) is 23.2 Å². The second-order valence-electron chi connectivity index (χ2n) is 15.5. The molecule has 2 aromatic rings. The molecule has 0 radical (unpaired) electrons. The number of carbonyl (C=O) groups is 2. The number of esters is 1. The Labute approximate surface area is 298 Å². The topological polar surface area (TPSA) is 73.9 Å². The number of ether oxygens (including phenoxy) is 3. The number of likely N-dealkylation sites (tertiary alicyclic amines) is 1. The number of benzene rings is 2. The summed E-state index contributed by atoms with van der Waals surface area (Å²) in [5.41, 5.74) is -1.17. The van der Waals surface area contributed by atoms with E-state index in [0.29, 0.717) is 24.5 Å². The quantitative estimate of drug-likeness (QED) is 0.158. The lowest BCUT2D eigenvalue weighted by Gasteiger charge is -2.65. The van der Waals surface area contributed by atoms with Gasteiger partial charge in [0.2, 0.25) is 5.72 Å². The standard InChI is InChI=1S/C41H47F3N2O5/c1-26(2)25-46(20-18-28-12-7-5-8-13-28)21-19-39-31-16-11-17-35(39)51-40(45-38(48)32(41(42,43)44)22-29-14-9-6-10-15-29)36(49-4)24-34(50-27(3)47)30(37(39)40)23-33(31)46/h5-10,12-15,22,24,26,31,33,35,37H,11,16-21,23,25H2,1-4H3/p+1/t31-,33+,35-,37?,39+,40?,46?/m0/s1. The third-order valence-electron chi connectivity index (χ3n) is 12.3. The number of nitrogens with zero attached hydrogens (tertiary/aromatic N) is 1. The molecule has 1 amide bonds. The summed E-state index contributed by atoms with van der Waals surface area (Å²) < 4.78 is 63.8. The van der Waals surface area contributed by atoms with Gasteiger partial charge in [0, 0.05) is 55.4 Å². The lowest BCUT2D eigenvalue weighted by atomic mass is 9.46. The van der Waals surface area contributed by atoms with Gasteiger partial charge in [0.25, 0.3) is 5.91 Å². The van der Waals surface area contributed by atoms with E-state index in [-0.39, 0.29) is 29.4 Å². The number of piperidine rings is 1. The summed E-state index contributed by atoms with van der Waals surface area (Å²) in [6.07, 6.45) is 2.01. The fourth-order valence-corrected chi connectivity index (χ4v) is 10.7. The first-order valence-electron chi connectivity index (χ1n) is 18.2. The van der Waals surface area contributed by atoms with Crippen molar-refractivity contribution in [3.05, 3.63) is 101 Å². The molecule has 2 aliphatic heterocycles. The van der Waals surface area contributed by atoms with Gasteiger partial charge in [0.05, 0.1) is 38.9 Å². The van der Waals surface area contributed by atoms with E-state index in [4.69, 9.17) is 14.2 Å². The monoisotopic (exact) mass is 705 g/mol. The molecule has 7 rings (SSSR count). The van der Waals surface area contributed by atoms with Crippen LogP contribution in [0.4, 0.5) is 13.2 Å². The van der Waals surface area contributed by atoms with Crippen LogP contribution in [0.5, 0.6) is 0 Å². The minimum absolute atomic E-state index is 0.139. The lowest BCUT2D eigenvalue weighted by molar-refractivity contribution is -0.966. The largest absolute Gasteiger partial charge is 0.496 e. The summed E-state index contributed by atoms with van der Waals surface area (Å²) in [5, 5.41) is 2.81. The number of alkyl halides is 3. The van der Waals surface area contributed by atoms with Crippen molar-refractivity contribution in [2.45, 2.75) is 83.3 Å². The van der Waals surface area contributed by atoms with Gasteiger partial charge in [-0.2, -0.15) is 13.2 Å². The first-order valence-corrected chi connectivity index (χ1v) is 18.2. The first-order chi connectivity index (χ1) is 24.3. The van der Waals surface area contributed by atoms with Gasteiger partial charge in [-0.15, -0.1) is 0 Å². The van der Waals surface area contributed by atoms with Crippen LogP contribution in [0.15, 0.2) is 89.4 Å². The highest BCUT2D eigenvalue weighted by atomic mass is 19.4. The highest BCUT2D eigenvalue weighted by Gasteiger charge is 2.77. The number of quaternary nitrogens is 1. The normalized spacial score (nSPS) is 32.6. The molecule has 7 atom stereocenters. The molecule has 10 heteroatoms. The van der Waals surface area contributed by atoms with Crippen molar-refractivity contribution in [1.82, 2.24) is 5.32 Å². The van der Waals surface area contributed by atoms with Crippen LogP contribution in [0.25, 0.3) is 6.08 Å². The molecule has 272 valence electrons. The van der Waals surface area contributed by atoms with Crippen molar-refractivity contribution < 1.29 is 41.5 Å². The number of hydrogen-bond acceptors (Lipinski definition) is 5. The molecule has 0 aromatic heterocycles. The minimum atomic E-state index is -4.94. The molecule has 7 nitrogen and oxygen atoms in total. The molecule has 1 spiro atoms. The van der Waals surface area contributed by atoms with Gasteiger partial charge in [-0.05, 0) is 35.6 Å². The van der Waals surface area contributed by atoms with Gasteiger partial charge in [0.15, 0.2) is 5.76 Å². The number of carbonyl (C=O) groups excluding carboxylic acids is 2. The molecule has 3 unspecified atom stereocenters. The zero-order chi connectivity index (χ0) is 36.2. The molecule has 2 bridgehead atoms. The second-order valence-corrected chi connectivity index (χ2v) is 15.5. The summed E-state index contributed by atoms with van der Waals surface area (Å²) in [5.74, 6) is -1.25. The Morgan fingerprint density at radius 1 is 1.08 bits per heavy atom. The number of hydrogen-bond donors (Lipinski definition) is 1. The van der Waals surface area contributed by atoms with Gasteiger partial charge in [0.1, 0.15) is 11.3 Å². The molecule has 3 aliphatic carbocycles. The lowest BCUT2D eigenvalue weighted by Crippen LogP contribution is -2.74. The van der Waals surface area contributed by atoms with Crippen molar-refractivity contribution in [2.75, 3.05) is 26.7 Å². The fourth-order valence-electron chi connectivity index (χ4n) is 10.7. The highest BCUT2D eigenvalue weighted by molar-refractivity contribution is 5.99. The predicted molar refractivity (Wildman–Crippen MR) is 186 cm³/mol. The van der Waals surface area contributed by atoms with Crippen LogP contribution >= 0.6 is 0 Å². The van der Waals surface area contributed by atoms with Gasteiger partial charge in [-0.3, -0.25) is 9.59 Å². The minimum Gasteiger partial charge on any atom is -0.496 e. The number of nitrogens with one attached hydrogen (secondary N) is 1. The van der Waals surface area contributed by atoms with Crippen LogP contribution in [0.2, 0.25) is 0 Å². The molecular weight excluding hydrogens is 657 g/mol. The van der Waals surface area contributed by atoms with Crippen LogP contribution in [0, 0.1) is 23.2 Å². The summed E-state index contributed by atoms with van der Waals surface area (Å²) in [7, 11) is 1.42. The van der Waals surface area contributed by atoms with E-state index in [0.717, 1.165) is 61.4 Å². The third-order valence-corrected chi connectivity index (χ3v) is 12.3. The molecule has 2 aromatic carbocycles.